The van der Waals surface area contributed by atoms with Crippen molar-refractivity contribution in [2.75, 3.05) is 4.43 Å². The zero-order valence-electron chi connectivity index (χ0n) is 19.1. The predicted molar refractivity (Wildman–Crippen MR) is 125 cm³/mol. The van der Waals surface area contributed by atoms with Gasteiger partial charge in [-0.2, -0.15) is 0 Å². The third kappa shape index (κ3) is 10.1. The van der Waals surface area contributed by atoms with Crippen LogP contribution in [0.4, 0.5) is 0 Å². The average Bonchev–Trinajstić information content (AvgIpc) is 2.74. The van der Waals surface area contributed by atoms with Crippen LogP contribution in [0, 0.1) is 5.41 Å². The van der Waals surface area contributed by atoms with E-state index < -0.39 is 0 Å². The van der Waals surface area contributed by atoms with Gasteiger partial charge in [-0.05, 0) is 0 Å². The molecule has 0 saturated carbocycles. The zero-order chi connectivity index (χ0) is 22.4. The van der Waals surface area contributed by atoms with Gasteiger partial charge < -0.3 is 0 Å². The summed E-state index contributed by atoms with van der Waals surface area (Å²) < 4.78 is 2.23. The molecule has 4 heteroatoms. The number of hydrogen-bond acceptors (Lipinski definition) is 3. The van der Waals surface area contributed by atoms with E-state index in [1.807, 2.05) is 12.1 Å². The first-order valence-electron chi connectivity index (χ1n) is 11.5. The summed E-state index contributed by atoms with van der Waals surface area (Å²) in [4.78, 5) is 24.8. The molecular weight excluding hydrogens is 485 g/mol. The first-order chi connectivity index (χ1) is 14.4. The van der Waals surface area contributed by atoms with E-state index >= 15 is 0 Å². The summed E-state index contributed by atoms with van der Waals surface area (Å²) in [6.07, 6.45) is 12.4. The van der Waals surface area contributed by atoms with Crippen LogP contribution in [0.1, 0.15) is 118 Å². The molecule has 0 bridgehead atoms. The van der Waals surface area contributed by atoms with Gasteiger partial charge in [-0.25, -0.2) is 0 Å². The molecule has 0 aliphatic heterocycles. The van der Waals surface area contributed by atoms with Crippen LogP contribution in [0.5, 0.6) is 0 Å². The number of carbonyl (C=O) groups excluding carboxylic acids is 2. The van der Waals surface area contributed by atoms with Crippen molar-refractivity contribution in [3.05, 3.63) is 41.5 Å². The fraction of sp³-hybridized carbons (Fsp3) is 0.577. The van der Waals surface area contributed by atoms with E-state index in [-0.39, 0.29) is 38.5 Å². The molecule has 0 radical (unpaired) electrons. The maximum atomic E-state index is 12.8. The van der Waals surface area contributed by atoms with E-state index in [4.69, 9.17) is 5.41 Å². The predicted octanol–water partition coefficient (Wildman–Crippen LogP) is 4.48. The van der Waals surface area contributed by atoms with E-state index in [9.17, 15) is 9.59 Å². The number of Topliss-reactive ketones (excluding diaryl/α,β-unsaturated/α-hetero) is 2. The molecule has 0 fully saturated rings. The zero-order valence-corrected chi connectivity index (χ0v) is 21.3. The van der Waals surface area contributed by atoms with Gasteiger partial charge in [0.05, 0.1) is 0 Å². The first-order valence-corrected chi connectivity index (χ1v) is 14.1. The monoisotopic (exact) mass is 524 g/mol. The number of rotatable bonds is 17. The van der Waals surface area contributed by atoms with Crippen LogP contribution in [-0.2, 0) is 0 Å². The van der Waals surface area contributed by atoms with Crippen molar-refractivity contribution in [1.82, 2.24) is 0 Å². The number of benzene rings is 1. The summed E-state index contributed by atoms with van der Waals surface area (Å²) in [6.45, 7) is 10.1. The van der Waals surface area contributed by atoms with Crippen molar-refractivity contribution in [1.29, 1.82) is 5.41 Å². The molecule has 1 aromatic rings. The molecule has 0 heterocycles. The summed E-state index contributed by atoms with van der Waals surface area (Å²) in [5.74, 6) is -0.304. The van der Waals surface area contributed by atoms with Crippen LogP contribution >= 0.6 is 0 Å². The number of halogens is 1. The second-order valence-electron chi connectivity index (χ2n) is 7.97. The van der Waals surface area contributed by atoms with Crippen LogP contribution < -0.4 is 21.2 Å². The van der Waals surface area contributed by atoms with Gasteiger partial charge in [0.15, 0.2) is 0 Å². The Balaban J connectivity index is 2.67. The quantitative estimate of drug-likeness (QED) is 0.107. The van der Waals surface area contributed by atoms with E-state index in [2.05, 4.69) is 20.4 Å². The summed E-state index contributed by atoms with van der Waals surface area (Å²) in [5, 5.41) is 8.24. The molecule has 30 heavy (non-hydrogen) atoms. The van der Waals surface area contributed by atoms with E-state index in [1.165, 1.54) is 58.3 Å². The van der Waals surface area contributed by atoms with Crippen molar-refractivity contribution in [2.45, 2.75) is 91.4 Å². The van der Waals surface area contributed by atoms with Gasteiger partial charge in [0.1, 0.15) is 0 Å². The van der Waals surface area contributed by atoms with Crippen molar-refractivity contribution in [3.63, 3.8) is 0 Å². The summed E-state index contributed by atoms with van der Waals surface area (Å²) >= 11 is -0.195. The molecule has 168 valence electrons. The molecule has 0 saturated heterocycles. The second-order valence-corrected chi connectivity index (χ2v) is 11.1. The topological polar surface area (TPSA) is 58.0 Å². The molecule has 0 aromatic heterocycles. The van der Waals surface area contributed by atoms with Gasteiger partial charge in [-0.15, -0.1) is 0 Å². The van der Waals surface area contributed by atoms with E-state index in [1.54, 1.807) is 6.07 Å². The Kier molecular flexibility index (Phi) is 13.8. The van der Waals surface area contributed by atoms with Crippen LogP contribution in [0.15, 0.2) is 24.8 Å². The van der Waals surface area contributed by atoms with Crippen molar-refractivity contribution in [3.8, 4) is 0 Å². The molecule has 1 aromatic carbocycles. The van der Waals surface area contributed by atoms with Gasteiger partial charge in [0, 0.05) is 0 Å². The van der Waals surface area contributed by atoms with Crippen molar-refractivity contribution < 1.29 is 30.8 Å². The Morgan fingerprint density at radius 2 is 1.37 bits per heavy atom. The average molecular weight is 525 g/mol. The van der Waals surface area contributed by atoms with E-state index in [0.29, 0.717) is 17.5 Å². The molecule has 0 atom stereocenters. The number of alkyl halides is 1. The van der Waals surface area contributed by atoms with Crippen molar-refractivity contribution in [2.24, 2.45) is 0 Å². The Morgan fingerprint density at radius 1 is 0.833 bits per heavy atom. The third-order valence-corrected chi connectivity index (χ3v) is 8.06. The number of carbonyl (C=O) groups is 2. The van der Waals surface area contributed by atoms with Gasteiger partial charge in [0.25, 0.3) is 0 Å². The van der Waals surface area contributed by atoms with Gasteiger partial charge >= 0.3 is 168 Å². The summed E-state index contributed by atoms with van der Waals surface area (Å²) in [5.41, 5.74) is 2.05. The number of ketones is 2. The van der Waals surface area contributed by atoms with Crippen LogP contribution in [0.3, 0.4) is 0 Å². The van der Waals surface area contributed by atoms with Gasteiger partial charge in [0.2, 0.25) is 0 Å². The Hall–Kier alpha value is -1.30. The van der Waals surface area contributed by atoms with Crippen molar-refractivity contribution >= 4 is 20.9 Å². The standard InChI is InChI=1S/C26H39INO2/c1-5-7-9-10-11-12-13-14-15-25(28)26(30)24-18-22(17-23(19-24)21(4)29)20(3)27-16-8-6-2/h17-19,28H,3,5-16H2,1-2,4H3/q-1. The Bertz CT molecular complexity index is 724. The minimum absolute atomic E-state index is 0.0555. The molecule has 0 unspecified atom stereocenters. The number of hydrogen-bond donors (Lipinski definition) is 1. The molecule has 0 aliphatic rings. The molecule has 0 aliphatic carbocycles. The third-order valence-electron chi connectivity index (χ3n) is 5.21. The van der Waals surface area contributed by atoms with E-state index in [0.717, 1.165) is 26.4 Å². The second kappa shape index (κ2) is 15.5. The maximum absolute atomic E-state index is 12.8. The summed E-state index contributed by atoms with van der Waals surface area (Å²) in [6, 6.07) is 5.34. The normalized spacial score (nSPS) is 10.9. The van der Waals surface area contributed by atoms with Crippen LogP contribution in [0.25, 0.3) is 3.58 Å². The summed E-state index contributed by atoms with van der Waals surface area (Å²) in [7, 11) is 0. The Labute approximate surface area is 193 Å². The van der Waals surface area contributed by atoms with Crippen LogP contribution in [0.2, 0.25) is 0 Å². The number of nitrogens with one attached hydrogen (secondary N) is 1. The number of unbranched alkanes of at least 4 members (excludes halogenated alkanes) is 8. The Morgan fingerprint density at radius 3 is 1.97 bits per heavy atom. The molecule has 1 rings (SSSR count). The first kappa shape index (κ1) is 26.7. The van der Waals surface area contributed by atoms with Gasteiger partial charge in [-0.1, -0.05) is 26.2 Å². The molecule has 0 amide bonds. The fourth-order valence-electron chi connectivity index (χ4n) is 3.23. The van der Waals surface area contributed by atoms with Crippen LogP contribution in [-0.4, -0.2) is 21.7 Å². The molecule has 1 N–H and O–H groups in total. The van der Waals surface area contributed by atoms with Gasteiger partial charge in [-0.3, -0.25) is 0 Å². The SMILES string of the molecule is C=C([I-]CCCC)c1cc(C(C)=O)cc(C(=O)C(=N)CCCCCCCCCC)c1. The molecule has 0 spiro atoms. The fourth-order valence-corrected chi connectivity index (χ4v) is 5.78. The molecule has 3 nitrogen and oxygen atoms in total. The molecular formula is C26H39INO2-. The minimum atomic E-state index is -0.248.